The highest BCUT2D eigenvalue weighted by Crippen LogP contribution is 2.26. The molecule has 3 unspecified atom stereocenters. The molecule has 2 saturated heterocycles. The second-order valence-corrected chi connectivity index (χ2v) is 8.80. The van der Waals surface area contributed by atoms with Crippen LogP contribution >= 0.6 is 11.8 Å². The van der Waals surface area contributed by atoms with Crippen molar-refractivity contribution in [3.63, 3.8) is 0 Å². The molecule has 4 nitrogen and oxygen atoms in total. The van der Waals surface area contributed by atoms with Crippen LogP contribution in [0.15, 0.2) is 0 Å². The van der Waals surface area contributed by atoms with Crippen molar-refractivity contribution < 1.29 is 9.53 Å². The molecule has 0 saturated carbocycles. The minimum atomic E-state index is -0.404. The second-order valence-electron chi connectivity index (χ2n) is 7.31. The summed E-state index contributed by atoms with van der Waals surface area (Å²) in [5, 5.41) is 4.43. The fourth-order valence-corrected chi connectivity index (χ4v) is 4.27. The monoisotopic (exact) mass is 314 g/mol. The highest BCUT2D eigenvalue weighted by Gasteiger charge is 2.29. The number of nitrogens with zero attached hydrogens (tertiary/aromatic N) is 1. The van der Waals surface area contributed by atoms with Gasteiger partial charge in [-0.25, -0.2) is 4.79 Å². The Morgan fingerprint density at radius 3 is 2.76 bits per heavy atom. The molecule has 0 bridgehead atoms. The molecule has 2 fully saturated rings. The molecule has 0 aliphatic carbocycles. The van der Waals surface area contributed by atoms with Gasteiger partial charge in [0.15, 0.2) is 0 Å². The van der Waals surface area contributed by atoms with Gasteiger partial charge in [-0.15, -0.1) is 0 Å². The van der Waals surface area contributed by atoms with Crippen molar-refractivity contribution in [2.24, 2.45) is 5.92 Å². The van der Waals surface area contributed by atoms with Gasteiger partial charge in [0.2, 0.25) is 0 Å². The molecule has 21 heavy (non-hydrogen) atoms. The summed E-state index contributed by atoms with van der Waals surface area (Å²) < 4.78 is 5.48. The first kappa shape index (κ1) is 16.9. The van der Waals surface area contributed by atoms with Crippen LogP contribution in [0, 0.1) is 5.92 Å². The standard InChI is InChI=1S/C16H30N2O2S/c1-12-14(7-9-21-12)17-10-13-6-5-8-18(11-13)15(19)20-16(2,3)4/h12-14,17H,5-11H2,1-4H3. The number of ether oxygens (including phenoxy) is 1. The molecule has 0 radical (unpaired) electrons. The Labute approximate surface area is 133 Å². The number of piperidine rings is 1. The fraction of sp³-hybridized carbons (Fsp3) is 0.938. The quantitative estimate of drug-likeness (QED) is 0.869. The van der Waals surface area contributed by atoms with Gasteiger partial charge in [0, 0.05) is 24.4 Å². The molecule has 0 spiro atoms. The summed E-state index contributed by atoms with van der Waals surface area (Å²) in [6.45, 7) is 10.8. The summed E-state index contributed by atoms with van der Waals surface area (Å²) in [5.74, 6) is 1.83. The van der Waals surface area contributed by atoms with E-state index >= 15 is 0 Å². The average Bonchev–Trinajstić information content (AvgIpc) is 2.80. The van der Waals surface area contributed by atoms with E-state index in [2.05, 4.69) is 24.0 Å². The van der Waals surface area contributed by atoms with E-state index in [0.717, 1.165) is 31.3 Å². The first-order chi connectivity index (χ1) is 9.85. The largest absolute Gasteiger partial charge is 0.444 e. The van der Waals surface area contributed by atoms with E-state index in [1.807, 2.05) is 25.7 Å². The van der Waals surface area contributed by atoms with Gasteiger partial charge in [0.25, 0.3) is 0 Å². The molecule has 122 valence electrons. The van der Waals surface area contributed by atoms with E-state index in [4.69, 9.17) is 4.74 Å². The molecular weight excluding hydrogens is 284 g/mol. The Hall–Kier alpha value is -0.420. The predicted octanol–water partition coefficient (Wildman–Crippen LogP) is 3.12. The second kappa shape index (κ2) is 7.23. The van der Waals surface area contributed by atoms with Crippen molar-refractivity contribution in [2.75, 3.05) is 25.4 Å². The Kier molecular flexibility index (Phi) is 5.83. The van der Waals surface area contributed by atoms with Crippen LogP contribution in [0.25, 0.3) is 0 Å². The molecule has 2 aliphatic rings. The Morgan fingerprint density at radius 2 is 2.14 bits per heavy atom. The number of rotatable bonds is 3. The van der Waals surface area contributed by atoms with Crippen LogP contribution < -0.4 is 5.32 Å². The molecular formula is C16H30N2O2S. The maximum atomic E-state index is 12.2. The Bertz CT molecular complexity index is 357. The van der Waals surface area contributed by atoms with E-state index in [-0.39, 0.29) is 6.09 Å². The van der Waals surface area contributed by atoms with E-state index in [1.165, 1.54) is 18.6 Å². The number of hydrogen-bond donors (Lipinski definition) is 1. The molecule has 1 N–H and O–H groups in total. The topological polar surface area (TPSA) is 41.6 Å². The smallest absolute Gasteiger partial charge is 0.410 e. The van der Waals surface area contributed by atoms with Gasteiger partial charge in [-0.05, 0) is 58.2 Å². The van der Waals surface area contributed by atoms with Gasteiger partial charge in [-0.2, -0.15) is 11.8 Å². The first-order valence-corrected chi connectivity index (χ1v) is 9.23. The van der Waals surface area contributed by atoms with Gasteiger partial charge >= 0.3 is 6.09 Å². The highest BCUT2D eigenvalue weighted by molar-refractivity contribution is 8.00. The van der Waals surface area contributed by atoms with Crippen LogP contribution in [0.3, 0.4) is 0 Å². The Morgan fingerprint density at radius 1 is 1.38 bits per heavy atom. The zero-order valence-corrected chi connectivity index (χ0v) is 14.7. The van der Waals surface area contributed by atoms with Crippen LogP contribution in [0.5, 0.6) is 0 Å². The number of carbonyl (C=O) groups is 1. The van der Waals surface area contributed by atoms with Crippen molar-refractivity contribution in [1.82, 2.24) is 10.2 Å². The zero-order chi connectivity index (χ0) is 15.5. The Balaban J connectivity index is 1.76. The maximum absolute atomic E-state index is 12.2. The number of carbonyl (C=O) groups excluding carboxylic acids is 1. The van der Waals surface area contributed by atoms with Crippen molar-refractivity contribution in [2.45, 2.75) is 63.9 Å². The summed E-state index contributed by atoms with van der Waals surface area (Å²) >= 11 is 2.06. The highest BCUT2D eigenvalue weighted by atomic mass is 32.2. The minimum absolute atomic E-state index is 0.156. The molecule has 0 aromatic rings. The summed E-state index contributed by atoms with van der Waals surface area (Å²) in [7, 11) is 0. The van der Waals surface area contributed by atoms with E-state index < -0.39 is 5.60 Å². The minimum Gasteiger partial charge on any atom is -0.444 e. The molecule has 0 aromatic heterocycles. The van der Waals surface area contributed by atoms with Crippen LogP contribution in [0.4, 0.5) is 4.79 Å². The van der Waals surface area contributed by atoms with E-state index in [0.29, 0.717) is 12.0 Å². The van der Waals surface area contributed by atoms with E-state index in [9.17, 15) is 4.79 Å². The molecule has 3 atom stereocenters. The average molecular weight is 314 g/mol. The fourth-order valence-electron chi connectivity index (χ4n) is 3.04. The zero-order valence-electron chi connectivity index (χ0n) is 13.9. The summed E-state index contributed by atoms with van der Waals surface area (Å²) in [4.78, 5) is 14.0. The van der Waals surface area contributed by atoms with Crippen LogP contribution in [-0.2, 0) is 4.74 Å². The third kappa shape index (κ3) is 5.37. The molecule has 1 amide bonds. The molecule has 5 heteroatoms. The molecule has 0 aromatic carbocycles. The van der Waals surface area contributed by atoms with Crippen LogP contribution in [0.2, 0.25) is 0 Å². The molecule has 2 aliphatic heterocycles. The first-order valence-electron chi connectivity index (χ1n) is 8.18. The number of amides is 1. The maximum Gasteiger partial charge on any atom is 0.410 e. The van der Waals surface area contributed by atoms with Crippen molar-refractivity contribution in [1.29, 1.82) is 0 Å². The lowest BCUT2D eigenvalue weighted by Crippen LogP contribution is -2.46. The normalized spacial score (nSPS) is 30.5. The van der Waals surface area contributed by atoms with Crippen LogP contribution in [-0.4, -0.2) is 53.3 Å². The summed E-state index contributed by atoms with van der Waals surface area (Å²) in [6.07, 6.45) is 3.41. The lowest BCUT2D eigenvalue weighted by Gasteiger charge is -2.34. The van der Waals surface area contributed by atoms with Crippen molar-refractivity contribution in [3.8, 4) is 0 Å². The third-order valence-corrected chi connectivity index (χ3v) is 5.54. The number of nitrogens with one attached hydrogen (secondary N) is 1. The van der Waals surface area contributed by atoms with Crippen molar-refractivity contribution in [3.05, 3.63) is 0 Å². The van der Waals surface area contributed by atoms with Gasteiger partial charge in [0.1, 0.15) is 5.60 Å². The van der Waals surface area contributed by atoms with Gasteiger partial charge in [-0.1, -0.05) is 6.92 Å². The van der Waals surface area contributed by atoms with Crippen LogP contribution in [0.1, 0.15) is 47.0 Å². The van der Waals surface area contributed by atoms with Gasteiger partial charge < -0.3 is 15.0 Å². The SMILES string of the molecule is CC1SCCC1NCC1CCCN(C(=O)OC(C)(C)C)C1. The lowest BCUT2D eigenvalue weighted by molar-refractivity contribution is 0.0165. The molecule has 2 rings (SSSR count). The van der Waals surface area contributed by atoms with E-state index in [1.54, 1.807) is 0 Å². The molecule has 2 heterocycles. The number of hydrogen-bond acceptors (Lipinski definition) is 4. The summed E-state index contributed by atoms with van der Waals surface area (Å²) in [6, 6.07) is 0.645. The van der Waals surface area contributed by atoms with Gasteiger partial charge in [0.05, 0.1) is 0 Å². The number of thioether (sulfide) groups is 1. The van der Waals surface area contributed by atoms with Gasteiger partial charge in [-0.3, -0.25) is 0 Å². The third-order valence-electron chi connectivity index (χ3n) is 4.22. The predicted molar refractivity (Wildman–Crippen MR) is 88.9 cm³/mol. The lowest BCUT2D eigenvalue weighted by atomic mass is 9.97. The number of likely N-dealkylation sites (tertiary alicyclic amines) is 1. The summed E-state index contributed by atoms with van der Waals surface area (Å²) in [5.41, 5.74) is -0.404. The van der Waals surface area contributed by atoms with Crippen molar-refractivity contribution >= 4 is 17.9 Å².